The molecule has 0 bridgehead atoms. The van der Waals surface area contributed by atoms with E-state index in [2.05, 4.69) is 4.98 Å². The summed E-state index contributed by atoms with van der Waals surface area (Å²) in [4.78, 5) is 2.99. The highest BCUT2D eigenvalue weighted by molar-refractivity contribution is 5.27. The maximum atomic E-state index is 12.3. The standard InChI is InChI=1S/C6H2F2N2/c7-5-3-10-6(8)1-4(5)2-9/h1,3H. The van der Waals surface area contributed by atoms with Crippen molar-refractivity contribution in [2.45, 2.75) is 0 Å². The van der Waals surface area contributed by atoms with Crippen molar-refractivity contribution in [1.29, 1.82) is 5.26 Å². The Morgan fingerprint density at radius 3 is 2.70 bits per heavy atom. The first-order valence-corrected chi connectivity index (χ1v) is 2.45. The number of aromatic nitrogens is 1. The quantitative estimate of drug-likeness (QED) is 0.508. The van der Waals surface area contributed by atoms with E-state index in [0.29, 0.717) is 6.20 Å². The zero-order valence-electron chi connectivity index (χ0n) is 4.81. The number of hydrogen-bond acceptors (Lipinski definition) is 2. The number of halogens is 2. The molecule has 0 aliphatic heterocycles. The van der Waals surface area contributed by atoms with E-state index in [0.717, 1.165) is 6.07 Å². The van der Waals surface area contributed by atoms with E-state index >= 15 is 0 Å². The molecule has 4 heteroatoms. The van der Waals surface area contributed by atoms with Gasteiger partial charge < -0.3 is 0 Å². The first kappa shape index (κ1) is 6.62. The smallest absolute Gasteiger partial charge is 0.214 e. The molecule has 1 heterocycles. The van der Waals surface area contributed by atoms with Crippen molar-refractivity contribution in [3.05, 3.63) is 29.6 Å². The van der Waals surface area contributed by atoms with Crippen LogP contribution in [-0.4, -0.2) is 4.98 Å². The molecule has 1 aromatic heterocycles. The first-order chi connectivity index (χ1) is 4.74. The molecule has 0 aromatic carbocycles. The molecule has 1 aromatic rings. The van der Waals surface area contributed by atoms with Gasteiger partial charge in [-0.05, 0) is 0 Å². The van der Waals surface area contributed by atoms with Crippen LogP contribution in [0.25, 0.3) is 0 Å². The summed E-state index contributed by atoms with van der Waals surface area (Å²) in [6.45, 7) is 0. The summed E-state index contributed by atoms with van der Waals surface area (Å²) in [5.41, 5.74) is -0.326. The summed E-state index contributed by atoms with van der Waals surface area (Å²) >= 11 is 0. The summed E-state index contributed by atoms with van der Waals surface area (Å²) in [5.74, 6) is -1.65. The van der Waals surface area contributed by atoms with Gasteiger partial charge in [0.2, 0.25) is 5.95 Å². The van der Waals surface area contributed by atoms with Crippen molar-refractivity contribution >= 4 is 0 Å². The van der Waals surface area contributed by atoms with E-state index in [4.69, 9.17) is 5.26 Å². The first-order valence-electron chi connectivity index (χ1n) is 2.45. The van der Waals surface area contributed by atoms with Gasteiger partial charge in [0, 0.05) is 6.07 Å². The lowest BCUT2D eigenvalue weighted by molar-refractivity contribution is 0.557. The zero-order valence-corrected chi connectivity index (χ0v) is 4.81. The van der Waals surface area contributed by atoms with Crippen LogP contribution in [0.1, 0.15) is 5.56 Å². The molecule has 2 nitrogen and oxygen atoms in total. The Labute approximate surface area is 55.7 Å². The maximum Gasteiger partial charge on any atom is 0.214 e. The minimum absolute atomic E-state index is 0.326. The van der Waals surface area contributed by atoms with Crippen LogP contribution in [0.2, 0.25) is 0 Å². The highest BCUT2D eigenvalue weighted by Crippen LogP contribution is 2.04. The highest BCUT2D eigenvalue weighted by Gasteiger charge is 2.01. The predicted molar refractivity (Wildman–Crippen MR) is 28.9 cm³/mol. The predicted octanol–water partition coefficient (Wildman–Crippen LogP) is 1.23. The van der Waals surface area contributed by atoms with Crippen LogP contribution < -0.4 is 0 Å². The van der Waals surface area contributed by atoms with Crippen LogP contribution in [0.5, 0.6) is 0 Å². The van der Waals surface area contributed by atoms with E-state index in [1.807, 2.05) is 0 Å². The normalized spacial score (nSPS) is 8.90. The third-order valence-corrected chi connectivity index (χ3v) is 0.942. The van der Waals surface area contributed by atoms with Gasteiger partial charge in [0.1, 0.15) is 6.07 Å². The third-order valence-electron chi connectivity index (χ3n) is 0.942. The molecule has 1 rings (SSSR count). The molecule has 0 radical (unpaired) electrons. The average Bonchev–Trinajstić information content (AvgIpc) is 1.94. The molecule has 0 unspecified atom stereocenters. The summed E-state index contributed by atoms with van der Waals surface area (Å²) in [6, 6.07) is 2.23. The third kappa shape index (κ3) is 1.08. The minimum atomic E-state index is -0.849. The summed E-state index contributed by atoms with van der Waals surface area (Å²) < 4.78 is 24.4. The summed E-state index contributed by atoms with van der Waals surface area (Å²) in [7, 11) is 0. The Kier molecular flexibility index (Phi) is 1.59. The lowest BCUT2D eigenvalue weighted by Crippen LogP contribution is -1.88. The van der Waals surface area contributed by atoms with E-state index in [9.17, 15) is 8.78 Å². The molecule has 0 aliphatic carbocycles. The molecule has 0 saturated heterocycles. The Hall–Kier alpha value is -1.50. The Morgan fingerprint density at radius 1 is 1.50 bits per heavy atom. The van der Waals surface area contributed by atoms with Gasteiger partial charge in [-0.15, -0.1) is 0 Å². The van der Waals surface area contributed by atoms with E-state index in [-0.39, 0.29) is 5.56 Å². The number of hydrogen-bond donors (Lipinski definition) is 0. The fourth-order valence-corrected chi connectivity index (χ4v) is 0.499. The van der Waals surface area contributed by atoms with Crippen LogP contribution in [0, 0.1) is 23.1 Å². The van der Waals surface area contributed by atoms with Crippen LogP contribution >= 0.6 is 0 Å². The van der Waals surface area contributed by atoms with E-state index in [1.54, 1.807) is 0 Å². The molecule has 0 saturated carbocycles. The second-order valence-electron chi connectivity index (χ2n) is 1.60. The van der Waals surface area contributed by atoms with Crippen molar-refractivity contribution < 1.29 is 8.78 Å². The van der Waals surface area contributed by atoms with E-state index < -0.39 is 11.8 Å². The van der Waals surface area contributed by atoms with Crippen molar-refractivity contribution in [2.24, 2.45) is 0 Å². The maximum absolute atomic E-state index is 12.3. The Morgan fingerprint density at radius 2 is 2.20 bits per heavy atom. The van der Waals surface area contributed by atoms with Gasteiger partial charge in [0.05, 0.1) is 11.8 Å². The molecule has 0 atom stereocenters. The number of nitrogens with zero attached hydrogens (tertiary/aromatic N) is 2. The molecule has 0 fully saturated rings. The fourth-order valence-electron chi connectivity index (χ4n) is 0.499. The molecule has 50 valence electrons. The largest absolute Gasteiger partial charge is 0.225 e. The van der Waals surface area contributed by atoms with Crippen molar-refractivity contribution in [3.63, 3.8) is 0 Å². The summed E-state index contributed by atoms with van der Waals surface area (Å²) in [6.07, 6.45) is 0.674. The second kappa shape index (κ2) is 2.40. The molecular weight excluding hydrogens is 138 g/mol. The van der Waals surface area contributed by atoms with Crippen molar-refractivity contribution in [2.75, 3.05) is 0 Å². The van der Waals surface area contributed by atoms with Crippen molar-refractivity contribution in [3.8, 4) is 6.07 Å². The molecule has 0 aliphatic rings. The highest BCUT2D eigenvalue weighted by atomic mass is 19.1. The minimum Gasteiger partial charge on any atom is -0.225 e. The lowest BCUT2D eigenvalue weighted by Gasteiger charge is -1.89. The van der Waals surface area contributed by atoms with Crippen LogP contribution in [0.4, 0.5) is 8.78 Å². The topological polar surface area (TPSA) is 36.7 Å². The molecular formula is C6H2F2N2. The van der Waals surface area contributed by atoms with Gasteiger partial charge >= 0.3 is 0 Å². The summed E-state index contributed by atoms with van der Waals surface area (Å²) in [5, 5.41) is 8.16. The van der Waals surface area contributed by atoms with Crippen LogP contribution in [0.15, 0.2) is 12.3 Å². The monoisotopic (exact) mass is 140 g/mol. The molecule has 0 N–H and O–H groups in total. The molecule has 10 heavy (non-hydrogen) atoms. The Balaban J connectivity index is 3.25. The van der Waals surface area contributed by atoms with Crippen LogP contribution in [-0.2, 0) is 0 Å². The number of rotatable bonds is 0. The zero-order chi connectivity index (χ0) is 7.56. The lowest BCUT2D eigenvalue weighted by atomic mass is 10.3. The number of nitriles is 1. The van der Waals surface area contributed by atoms with Crippen molar-refractivity contribution in [1.82, 2.24) is 4.98 Å². The second-order valence-corrected chi connectivity index (χ2v) is 1.60. The van der Waals surface area contributed by atoms with Gasteiger partial charge in [-0.1, -0.05) is 0 Å². The van der Waals surface area contributed by atoms with Gasteiger partial charge in [-0.3, -0.25) is 0 Å². The van der Waals surface area contributed by atoms with E-state index in [1.165, 1.54) is 6.07 Å². The fraction of sp³-hybridized carbons (Fsp3) is 0. The molecule has 0 spiro atoms. The number of pyridine rings is 1. The SMILES string of the molecule is N#Cc1cc(F)ncc1F. The average molecular weight is 140 g/mol. The Bertz CT molecular complexity index is 290. The van der Waals surface area contributed by atoms with Gasteiger partial charge in [-0.2, -0.15) is 9.65 Å². The van der Waals surface area contributed by atoms with Crippen LogP contribution in [0.3, 0.4) is 0 Å². The van der Waals surface area contributed by atoms with Gasteiger partial charge in [-0.25, -0.2) is 9.37 Å². The molecule has 0 amide bonds. The van der Waals surface area contributed by atoms with Gasteiger partial charge in [0.15, 0.2) is 5.82 Å². The van der Waals surface area contributed by atoms with Gasteiger partial charge in [0.25, 0.3) is 0 Å².